The molecular weight excluding hydrogens is 412 g/mol. The lowest BCUT2D eigenvalue weighted by Gasteiger charge is -2.19. The van der Waals surface area contributed by atoms with E-state index in [1.807, 2.05) is 26.0 Å². The fraction of sp³-hybridized carbons (Fsp3) is 0.310. The Labute approximate surface area is 197 Å². The van der Waals surface area contributed by atoms with Gasteiger partial charge in [0.2, 0.25) is 0 Å². The van der Waals surface area contributed by atoms with Crippen LogP contribution in [0.4, 0.5) is 0 Å². The molecule has 0 fully saturated rings. The Morgan fingerprint density at radius 2 is 1.33 bits per heavy atom. The summed E-state index contributed by atoms with van der Waals surface area (Å²) in [5.74, 6) is -0.568. The van der Waals surface area contributed by atoms with Crippen LogP contribution in [-0.4, -0.2) is 23.1 Å². The predicted octanol–water partition coefficient (Wildman–Crippen LogP) is 7.01. The fourth-order valence-corrected chi connectivity index (χ4v) is 3.70. The van der Waals surface area contributed by atoms with E-state index in [0.717, 1.165) is 11.5 Å². The number of esters is 1. The van der Waals surface area contributed by atoms with Gasteiger partial charge in [0, 0.05) is 0 Å². The highest BCUT2D eigenvalue weighted by atomic mass is 16.5. The van der Waals surface area contributed by atoms with Crippen molar-refractivity contribution in [2.75, 3.05) is 0 Å². The summed E-state index contributed by atoms with van der Waals surface area (Å²) in [5.41, 5.74) is 3.00. The van der Waals surface area contributed by atoms with Crippen molar-refractivity contribution in [3.63, 3.8) is 0 Å². The van der Waals surface area contributed by atoms with Gasteiger partial charge >= 0.3 is 11.9 Å². The summed E-state index contributed by atoms with van der Waals surface area (Å²) in [6, 6.07) is 26.4. The molecule has 0 saturated carbocycles. The first-order valence-electron chi connectivity index (χ1n) is 11.4. The van der Waals surface area contributed by atoms with E-state index in [-0.39, 0.29) is 18.0 Å². The third-order valence-corrected chi connectivity index (χ3v) is 5.21. The molecule has 0 saturated heterocycles. The van der Waals surface area contributed by atoms with E-state index in [1.54, 1.807) is 42.5 Å². The van der Waals surface area contributed by atoms with Gasteiger partial charge in [-0.05, 0) is 60.9 Å². The van der Waals surface area contributed by atoms with Gasteiger partial charge in [0.25, 0.3) is 0 Å². The summed E-state index contributed by atoms with van der Waals surface area (Å²) >= 11 is 0. The maximum atomic E-state index is 12.0. The van der Waals surface area contributed by atoms with Crippen molar-refractivity contribution >= 4 is 11.9 Å². The van der Waals surface area contributed by atoms with Crippen molar-refractivity contribution < 1.29 is 19.4 Å². The second kappa shape index (κ2) is 13.2. The number of carbonyl (C=O) groups is 2. The van der Waals surface area contributed by atoms with Crippen LogP contribution in [0.3, 0.4) is 0 Å². The quantitative estimate of drug-likeness (QED) is 0.378. The van der Waals surface area contributed by atoms with Crippen LogP contribution in [0.15, 0.2) is 84.9 Å². The summed E-state index contributed by atoms with van der Waals surface area (Å²) in [6.07, 6.45) is 1.45. The molecule has 33 heavy (non-hydrogen) atoms. The minimum atomic E-state index is -0.943. The fourth-order valence-electron chi connectivity index (χ4n) is 3.70. The van der Waals surface area contributed by atoms with Gasteiger partial charge in [-0.2, -0.15) is 0 Å². The number of hydrogen-bond acceptors (Lipinski definition) is 3. The number of aromatic carboxylic acids is 1. The summed E-state index contributed by atoms with van der Waals surface area (Å²) in [7, 11) is 0. The molecule has 2 atom stereocenters. The molecule has 0 aliphatic rings. The van der Waals surface area contributed by atoms with Crippen molar-refractivity contribution in [2.45, 2.75) is 52.6 Å². The molecule has 0 aliphatic heterocycles. The van der Waals surface area contributed by atoms with E-state index in [0.29, 0.717) is 17.5 Å². The van der Waals surface area contributed by atoms with Crippen molar-refractivity contribution in [3.8, 4) is 0 Å². The minimum Gasteiger partial charge on any atom is -0.478 e. The van der Waals surface area contributed by atoms with Gasteiger partial charge in [0.05, 0.1) is 17.2 Å². The molecule has 4 heteroatoms. The molecule has 0 amide bonds. The molecule has 3 aromatic carbocycles. The lowest BCUT2D eigenvalue weighted by molar-refractivity contribution is 0.0312. The number of benzene rings is 3. The second-order valence-electron chi connectivity index (χ2n) is 8.69. The largest absolute Gasteiger partial charge is 0.478 e. The van der Waals surface area contributed by atoms with E-state index in [2.05, 4.69) is 44.2 Å². The molecule has 0 spiro atoms. The van der Waals surface area contributed by atoms with Gasteiger partial charge in [-0.25, -0.2) is 9.59 Å². The smallest absolute Gasteiger partial charge is 0.338 e. The zero-order valence-electron chi connectivity index (χ0n) is 19.9. The van der Waals surface area contributed by atoms with Crippen LogP contribution >= 0.6 is 0 Å². The number of carboxylic acid groups (broad SMARTS) is 1. The van der Waals surface area contributed by atoms with Crippen molar-refractivity contribution in [1.29, 1.82) is 0 Å². The van der Waals surface area contributed by atoms with Gasteiger partial charge in [-0.1, -0.05) is 87.5 Å². The van der Waals surface area contributed by atoms with Gasteiger partial charge in [-0.15, -0.1) is 0 Å². The Morgan fingerprint density at radius 1 is 0.788 bits per heavy atom. The molecule has 0 bridgehead atoms. The Kier molecular flexibility index (Phi) is 10.4. The molecule has 0 aromatic heterocycles. The minimum absolute atomic E-state index is 0.0270. The normalized spacial score (nSPS) is 12.3. The van der Waals surface area contributed by atoms with Crippen LogP contribution in [0, 0.1) is 5.92 Å². The lowest BCUT2D eigenvalue weighted by Crippen LogP contribution is -2.18. The number of rotatable bonds is 8. The van der Waals surface area contributed by atoms with Gasteiger partial charge in [0.15, 0.2) is 0 Å². The lowest BCUT2D eigenvalue weighted by atomic mass is 9.91. The van der Waals surface area contributed by atoms with E-state index in [4.69, 9.17) is 4.74 Å². The van der Waals surface area contributed by atoms with Crippen LogP contribution in [-0.2, 0) is 11.2 Å². The van der Waals surface area contributed by atoms with Gasteiger partial charge in [-0.3, -0.25) is 0 Å². The molecule has 3 aromatic rings. The van der Waals surface area contributed by atoms with Crippen LogP contribution in [0.25, 0.3) is 0 Å². The summed E-state index contributed by atoms with van der Waals surface area (Å²) in [4.78, 5) is 23.3. The number of carbonyl (C=O) groups excluding carboxylic acids is 1. The number of ether oxygens (including phenoxy) is 1. The molecular formula is C29H34O4. The molecule has 0 heterocycles. The molecule has 4 nitrogen and oxygen atoms in total. The van der Waals surface area contributed by atoms with E-state index < -0.39 is 5.97 Å². The van der Waals surface area contributed by atoms with Crippen LogP contribution < -0.4 is 0 Å². The molecule has 2 unspecified atom stereocenters. The second-order valence-corrected chi connectivity index (χ2v) is 8.69. The van der Waals surface area contributed by atoms with Crippen molar-refractivity contribution in [2.24, 2.45) is 5.92 Å². The Morgan fingerprint density at radius 3 is 1.91 bits per heavy atom. The molecule has 174 valence electrons. The van der Waals surface area contributed by atoms with Crippen LogP contribution in [0.1, 0.15) is 71.9 Å². The first kappa shape index (κ1) is 25.9. The zero-order valence-corrected chi connectivity index (χ0v) is 19.9. The zero-order chi connectivity index (χ0) is 24.2. The summed E-state index contributed by atoms with van der Waals surface area (Å²) < 4.78 is 5.44. The van der Waals surface area contributed by atoms with Gasteiger partial charge < -0.3 is 9.84 Å². The van der Waals surface area contributed by atoms with E-state index in [1.165, 1.54) is 12.0 Å². The molecule has 0 radical (unpaired) electrons. The molecule has 0 aliphatic carbocycles. The van der Waals surface area contributed by atoms with Crippen LogP contribution in [0.5, 0.6) is 0 Å². The predicted molar refractivity (Wildman–Crippen MR) is 133 cm³/mol. The Balaban J connectivity index is 0.000000321. The highest BCUT2D eigenvalue weighted by Gasteiger charge is 2.19. The third kappa shape index (κ3) is 8.93. The Bertz CT molecular complexity index is 996. The maximum absolute atomic E-state index is 12.0. The number of carboxylic acids is 1. The monoisotopic (exact) mass is 446 g/mol. The topological polar surface area (TPSA) is 63.6 Å². The van der Waals surface area contributed by atoms with Crippen molar-refractivity contribution in [1.82, 2.24) is 0 Å². The highest BCUT2D eigenvalue weighted by Crippen LogP contribution is 2.25. The Hall–Kier alpha value is -3.40. The molecule has 1 N–H and O–H groups in total. The number of hydrogen-bond donors (Lipinski definition) is 1. The van der Waals surface area contributed by atoms with E-state index in [9.17, 15) is 14.7 Å². The van der Waals surface area contributed by atoms with Crippen LogP contribution in [0.2, 0.25) is 0 Å². The average Bonchev–Trinajstić information content (AvgIpc) is 2.80. The first-order valence-corrected chi connectivity index (χ1v) is 11.4. The highest BCUT2D eigenvalue weighted by molar-refractivity contribution is 5.90. The summed E-state index contributed by atoms with van der Waals surface area (Å²) in [5, 5.41) is 9.26. The summed E-state index contributed by atoms with van der Waals surface area (Å²) in [6.45, 7) is 8.25. The average molecular weight is 447 g/mol. The molecule has 3 rings (SSSR count). The maximum Gasteiger partial charge on any atom is 0.338 e. The van der Waals surface area contributed by atoms with E-state index >= 15 is 0 Å². The first-order chi connectivity index (χ1) is 15.8. The van der Waals surface area contributed by atoms with Gasteiger partial charge in [0.1, 0.15) is 0 Å². The van der Waals surface area contributed by atoms with Crippen molar-refractivity contribution in [3.05, 3.63) is 107 Å². The SMILES string of the molecule is CC(C)Cc1ccccc1.CC(CC(C)c1ccccc1C(=O)O)OC(=O)c1ccccc1. The third-order valence-electron chi connectivity index (χ3n) is 5.21. The standard InChI is InChI=1S/C19H20O4.C10H14/c1-13(16-10-6-7-11-17(16)18(20)21)12-14(2)23-19(22)15-8-4-3-5-9-15;1-9(2)8-10-6-4-3-5-7-10/h3-11,13-14H,12H2,1-2H3,(H,20,21);3-7,9H,8H2,1-2H3.